The smallest absolute Gasteiger partial charge is 0.150 e. The summed E-state index contributed by atoms with van der Waals surface area (Å²) in [5.41, 5.74) is 0.809. The van der Waals surface area contributed by atoms with Crippen LogP contribution in [-0.4, -0.2) is 16.6 Å². The number of anilines is 1. The Kier molecular flexibility index (Phi) is 3.64. The number of rotatable bonds is 2. The molecule has 0 spiro atoms. The van der Waals surface area contributed by atoms with Crippen molar-refractivity contribution >= 4 is 34.5 Å². The van der Waals surface area contributed by atoms with E-state index in [1.54, 1.807) is 0 Å². The summed E-state index contributed by atoms with van der Waals surface area (Å²) in [6.07, 6.45) is 1.56. The van der Waals surface area contributed by atoms with Crippen molar-refractivity contribution in [3.05, 3.63) is 30.3 Å². The minimum absolute atomic E-state index is 0.0605. The molecule has 0 bridgehead atoms. The van der Waals surface area contributed by atoms with E-state index in [4.69, 9.17) is 12.2 Å². The van der Waals surface area contributed by atoms with E-state index in [9.17, 15) is 9.59 Å². The van der Waals surface area contributed by atoms with Gasteiger partial charge < -0.3 is 5.32 Å². The van der Waals surface area contributed by atoms with Gasteiger partial charge in [0.25, 0.3) is 0 Å². The van der Waals surface area contributed by atoms with E-state index in [0.29, 0.717) is 24.3 Å². The van der Waals surface area contributed by atoms with Gasteiger partial charge in [0.2, 0.25) is 0 Å². The molecule has 2 rings (SSSR count). The Morgan fingerprint density at radius 3 is 2.29 bits per heavy atom. The fourth-order valence-corrected chi connectivity index (χ4v) is 2.31. The van der Waals surface area contributed by atoms with Gasteiger partial charge in [-0.2, -0.15) is 0 Å². The van der Waals surface area contributed by atoms with Crippen LogP contribution >= 0.6 is 12.2 Å². The number of Topliss-reactive ketones (excluding diaryl/α,β-unsaturated/α-hetero) is 2. The van der Waals surface area contributed by atoms with Crippen molar-refractivity contribution in [2.75, 3.05) is 5.32 Å². The molecular weight excluding hydrogens is 234 g/mol. The third-order valence-corrected chi connectivity index (χ3v) is 3.13. The van der Waals surface area contributed by atoms with Gasteiger partial charge >= 0.3 is 0 Å². The molecule has 0 unspecified atom stereocenters. The third-order valence-electron chi connectivity index (χ3n) is 2.79. The zero-order valence-corrected chi connectivity index (χ0v) is 10.1. The molecule has 0 aliphatic heterocycles. The molecule has 1 saturated carbocycles. The molecule has 1 fully saturated rings. The highest BCUT2D eigenvalue weighted by molar-refractivity contribution is 7.80. The van der Waals surface area contributed by atoms with Crippen molar-refractivity contribution in [1.82, 2.24) is 0 Å². The molecule has 1 aromatic carbocycles. The number of hydrogen-bond donors (Lipinski definition) is 1. The number of ketones is 2. The molecule has 0 aromatic heterocycles. The predicted octanol–water partition coefficient (Wildman–Crippen LogP) is 2.36. The summed E-state index contributed by atoms with van der Waals surface area (Å²) in [6, 6.07) is 9.34. The van der Waals surface area contributed by atoms with Gasteiger partial charge in [0.05, 0.1) is 4.99 Å². The van der Waals surface area contributed by atoms with E-state index < -0.39 is 5.92 Å². The third kappa shape index (κ3) is 2.77. The summed E-state index contributed by atoms with van der Waals surface area (Å²) in [5, 5.41) is 2.96. The van der Waals surface area contributed by atoms with Gasteiger partial charge in [-0.05, 0) is 18.6 Å². The lowest BCUT2D eigenvalue weighted by Crippen LogP contribution is -2.37. The standard InChI is InChI=1S/C13H13NO2S/c15-10-7-4-8-11(16)12(10)13(17)14-9-5-2-1-3-6-9/h1-3,5-6,12H,4,7-8H2,(H,14,17). The zero-order chi connectivity index (χ0) is 12.3. The van der Waals surface area contributed by atoms with Gasteiger partial charge in [0.1, 0.15) is 17.5 Å². The average molecular weight is 247 g/mol. The molecule has 4 heteroatoms. The predicted molar refractivity (Wildman–Crippen MR) is 70.0 cm³/mol. The van der Waals surface area contributed by atoms with Crippen LogP contribution in [0.3, 0.4) is 0 Å². The topological polar surface area (TPSA) is 46.2 Å². The maximum absolute atomic E-state index is 11.7. The van der Waals surface area contributed by atoms with E-state index >= 15 is 0 Å². The highest BCUT2D eigenvalue weighted by Crippen LogP contribution is 2.20. The SMILES string of the molecule is O=C1CCCC(=O)C1C(=S)Nc1ccccc1. The second-order valence-corrected chi connectivity index (χ2v) is 4.51. The molecule has 0 heterocycles. The van der Waals surface area contributed by atoms with Crippen molar-refractivity contribution in [2.24, 2.45) is 5.92 Å². The molecule has 1 N–H and O–H groups in total. The normalized spacial score (nSPS) is 16.9. The van der Waals surface area contributed by atoms with Crippen molar-refractivity contribution in [1.29, 1.82) is 0 Å². The summed E-state index contributed by atoms with van der Waals surface area (Å²) in [5.74, 6) is -0.858. The molecule has 1 aliphatic rings. The number of thiocarbonyl (C=S) groups is 1. The van der Waals surface area contributed by atoms with Gasteiger partial charge in [-0.1, -0.05) is 30.4 Å². The molecule has 0 radical (unpaired) electrons. The Morgan fingerprint density at radius 2 is 1.71 bits per heavy atom. The summed E-state index contributed by atoms with van der Waals surface area (Å²) < 4.78 is 0. The first-order valence-corrected chi connectivity index (χ1v) is 6.00. The highest BCUT2D eigenvalue weighted by atomic mass is 32.1. The minimum atomic E-state index is -0.737. The second-order valence-electron chi connectivity index (χ2n) is 4.07. The van der Waals surface area contributed by atoms with Crippen LogP contribution in [0.2, 0.25) is 0 Å². The monoisotopic (exact) mass is 247 g/mol. The van der Waals surface area contributed by atoms with Gasteiger partial charge in [-0.15, -0.1) is 0 Å². The van der Waals surface area contributed by atoms with Crippen LogP contribution in [0.4, 0.5) is 5.69 Å². The molecule has 0 atom stereocenters. The van der Waals surface area contributed by atoms with E-state index in [1.807, 2.05) is 30.3 Å². The lowest BCUT2D eigenvalue weighted by Gasteiger charge is -2.21. The Bertz CT molecular complexity index is 440. The summed E-state index contributed by atoms with van der Waals surface area (Å²) in [6.45, 7) is 0. The molecule has 0 saturated heterocycles. The van der Waals surface area contributed by atoms with E-state index in [2.05, 4.69) is 5.32 Å². The molecule has 0 amide bonds. The fourth-order valence-electron chi connectivity index (χ4n) is 1.93. The van der Waals surface area contributed by atoms with Crippen molar-refractivity contribution in [2.45, 2.75) is 19.3 Å². The second kappa shape index (κ2) is 5.19. The maximum Gasteiger partial charge on any atom is 0.150 e. The average Bonchev–Trinajstić information content (AvgIpc) is 2.30. The van der Waals surface area contributed by atoms with Gasteiger partial charge in [0.15, 0.2) is 0 Å². The number of para-hydroxylation sites is 1. The molecular formula is C13H13NO2S. The van der Waals surface area contributed by atoms with Crippen LogP contribution in [0.1, 0.15) is 19.3 Å². The summed E-state index contributed by atoms with van der Waals surface area (Å²) in [7, 11) is 0. The van der Waals surface area contributed by atoms with Crippen molar-refractivity contribution in [3.63, 3.8) is 0 Å². The van der Waals surface area contributed by atoms with Gasteiger partial charge in [0, 0.05) is 18.5 Å². The first-order valence-electron chi connectivity index (χ1n) is 5.60. The Morgan fingerprint density at radius 1 is 1.12 bits per heavy atom. The van der Waals surface area contributed by atoms with Crippen molar-refractivity contribution < 1.29 is 9.59 Å². The van der Waals surface area contributed by atoms with Crippen LogP contribution in [0.25, 0.3) is 0 Å². The molecule has 1 aromatic rings. The van der Waals surface area contributed by atoms with Crippen LogP contribution in [0, 0.1) is 5.92 Å². The summed E-state index contributed by atoms with van der Waals surface area (Å²) in [4.78, 5) is 23.7. The highest BCUT2D eigenvalue weighted by Gasteiger charge is 2.33. The van der Waals surface area contributed by atoms with Gasteiger partial charge in [-0.3, -0.25) is 9.59 Å². The molecule has 3 nitrogen and oxygen atoms in total. The molecule has 1 aliphatic carbocycles. The Hall–Kier alpha value is -1.55. The Balaban J connectivity index is 2.09. The minimum Gasteiger partial charge on any atom is -0.349 e. The fraction of sp³-hybridized carbons (Fsp3) is 0.308. The van der Waals surface area contributed by atoms with E-state index in [-0.39, 0.29) is 11.6 Å². The molecule has 17 heavy (non-hydrogen) atoms. The van der Waals surface area contributed by atoms with Crippen molar-refractivity contribution in [3.8, 4) is 0 Å². The largest absolute Gasteiger partial charge is 0.349 e. The molecule has 88 valence electrons. The number of benzene rings is 1. The number of hydrogen-bond acceptors (Lipinski definition) is 3. The first-order chi connectivity index (χ1) is 8.18. The Labute approximate surface area is 105 Å². The number of nitrogens with one attached hydrogen (secondary N) is 1. The lowest BCUT2D eigenvalue weighted by atomic mass is 9.86. The summed E-state index contributed by atoms with van der Waals surface area (Å²) >= 11 is 5.16. The van der Waals surface area contributed by atoms with Crippen LogP contribution < -0.4 is 5.32 Å². The van der Waals surface area contributed by atoms with Crippen LogP contribution in [-0.2, 0) is 9.59 Å². The number of carbonyl (C=O) groups excluding carboxylic acids is 2. The van der Waals surface area contributed by atoms with Crippen LogP contribution in [0.5, 0.6) is 0 Å². The first kappa shape index (κ1) is 11.9. The maximum atomic E-state index is 11.7. The van der Waals surface area contributed by atoms with E-state index in [1.165, 1.54) is 0 Å². The lowest BCUT2D eigenvalue weighted by molar-refractivity contribution is -0.132. The van der Waals surface area contributed by atoms with Gasteiger partial charge in [-0.25, -0.2) is 0 Å². The van der Waals surface area contributed by atoms with Crippen LogP contribution in [0.15, 0.2) is 30.3 Å². The zero-order valence-electron chi connectivity index (χ0n) is 9.31. The quantitative estimate of drug-likeness (QED) is 0.643. The van der Waals surface area contributed by atoms with E-state index in [0.717, 1.165) is 5.69 Å². The number of carbonyl (C=O) groups is 2.